The Morgan fingerprint density at radius 2 is 2.35 bits per heavy atom. The fraction of sp³-hybridized carbons (Fsp3) is 0.643. The van der Waals surface area contributed by atoms with Crippen molar-refractivity contribution in [1.29, 1.82) is 0 Å². The molecule has 0 aromatic carbocycles. The first-order valence-corrected chi connectivity index (χ1v) is 6.67. The third-order valence-corrected chi connectivity index (χ3v) is 3.61. The van der Waals surface area contributed by atoms with E-state index in [1.54, 1.807) is 0 Å². The van der Waals surface area contributed by atoms with Crippen LogP contribution in [0, 0.1) is 0 Å². The van der Waals surface area contributed by atoms with Gasteiger partial charge in [0.15, 0.2) is 0 Å². The Kier molecular flexibility index (Phi) is 4.95. The SMILES string of the molecule is CN1CCCCC1CCNCc1ccccn1. The molecular weight excluding hydrogens is 210 g/mol. The van der Waals surface area contributed by atoms with Gasteiger partial charge in [-0.1, -0.05) is 12.5 Å². The second-order valence-electron chi connectivity index (χ2n) is 4.92. The molecule has 1 unspecified atom stereocenters. The van der Waals surface area contributed by atoms with E-state index in [0.29, 0.717) is 0 Å². The molecule has 1 saturated heterocycles. The van der Waals surface area contributed by atoms with E-state index in [9.17, 15) is 0 Å². The van der Waals surface area contributed by atoms with Gasteiger partial charge in [0.1, 0.15) is 0 Å². The van der Waals surface area contributed by atoms with E-state index in [4.69, 9.17) is 0 Å². The van der Waals surface area contributed by atoms with Crippen LogP contribution in [0.2, 0.25) is 0 Å². The topological polar surface area (TPSA) is 28.2 Å². The molecule has 3 heteroatoms. The van der Waals surface area contributed by atoms with Crippen molar-refractivity contribution >= 4 is 0 Å². The van der Waals surface area contributed by atoms with Gasteiger partial charge in [0.25, 0.3) is 0 Å². The Morgan fingerprint density at radius 3 is 3.12 bits per heavy atom. The summed E-state index contributed by atoms with van der Waals surface area (Å²) in [5.41, 5.74) is 1.13. The summed E-state index contributed by atoms with van der Waals surface area (Å²) in [5, 5.41) is 3.48. The molecule has 0 bridgehead atoms. The highest BCUT2D eigenvalue weighted by Crippen LogP contribution is 2.16. The van der Waals surface area contributed by atoms with E-state index >= 15 is 0 Å². The minimum absolute atomic E-state index is 0.778. The molecule has 17 heavy (non-hydrogen) atoms. The average molecular weight is 233 g/mol. The molecule has 1 aliphatic rings. The van der Waals surface area contributed by atoms with Crippen LogP contribution in [0.4, 0.5) is 0 Å². The zero-order valence-corrected chi connectivity index (χ0v) is 10.7. The lowest BCUT2D eigenvalue weighted by Crippen LogP contribution is -2.38. The van der Waals surface area contributed by atoms with Gasteiger partial charge in [-0.05, 0) is 51.5 Å². The second kappa shape index (κ2) is 6.72. The van der Waals surface area contributed by atoms with Gasteiger partial charge in [0.05, 0.1) is 5.69 Å². The molecular formula is C14H23N3. The van der Waals surface area contributed by atoms with Crippen LogP contribution in [-0.2, 0) is 6.54 Å². The molecule has 0 amide bonds. The number of nitrogens with one attached hydrogen (secondary N) is 1. The molecule has 2 rings (SSSR count). The van der Waals surface area contributed by atoms with Crippen LogP contribution < -0.4 is 5.32 Å². The molecule has 0 aliphatic carbocycles. The quantitative estimate of drug-likeness (QED) is 0.789. The van der Waals surface area contributed by atoms with Crippen LogP contribution in [0.15, 0.2) is 24.4 Å². The summed E-state index contributed by atoms with van der Waals surface area (Å²) in [4.78, 5) is 6.81. The van der Waals surface area contributed by atoms with Crippen molar-refractivity contribution in [3.63, 3.8) is 0 Å². The Hall–Kier alpha value is -0.930. The summed E-state index contributed by atoms with van der Waals surface area (Å²) >= 11 is 0. The summed E-state index contributed by atoms with van der Waals surface area (Å²) in [6.45, 7) is 3.24. The van der Waals surface area contributed by atoms with Crippen molar-refractivity contribution < 1.29 is 0 Å². The van der Waals surface area contributed by atoms with Crippen LogP contribution in [0.1, 0.15) is 31.4 Å². The third-order valence-electron chi connectivity index (χ3n) is 3.61. The molecule has 2 heterocycles. The van der Waals surface area contributed by atoms with Crippen LogP contribution in [0.3, 0.4) is 0 Å². The maximum Gasteiger partial charge on any atom is 0.0541 e. The monoisotopic (exact) mass is 233 g/mol. The molecule has 94 valence electrons. The summed E-state index contributed by atoms with van der Waals surface area (Å²) in [7, 11) is 2.25. The van der Waals surface area contributed by atoms with Crippen LogP contribution in [0.25, 0.3) is 0 Å². The van der Waals surface area contributed by atoms with Gasteiger partial charge in [-0.3, -0.25) is 4.98 Å². The van der Waals surface area contributed by atoms with Gasteiger partial charge >= 0.3 is 0 Å². The molecule has 1 N–H and O–H groups in total. The van der Waals surface area contributed by atoms with Crippen molar-refractivity contribution in [3.05, 3.63) is 30.1 Å². The number of nitrogens with zero attached hydrogens (tertiary/aromatic N) is 2. The molecule has 1 aromatic heterocycles. The number of aromatic nitrogens is 1. The summed E-state index contributed by atoms with van der Waals surface area (Å²) in [6.07, 6.45) is 7.24. The number of rotatable bonds is 5. The van der Waals surface area contributed by atoms with Crippen molar-refractivity contribution in [1.82, 2.24) is 15.2 Å². The predicted molar refractivity (Wildman–Crippen MR) is 70.8 cm³/mol. The molecule has 1 atom stereocenters. The van der Waals surface area contributed by atoms with Gasteiger partial charge in [-0.15, -0.1) is 0 Å². The van der Waals surface area contributed by atoms with E-state index in [1.807, 2.05) is 18.3 Å². The first kappa shape index (κ1) is 12.5. The first-order chi connectivity index (χ1) is 8.36. The summed E-state index contributed by atoms with van der Waals surface area (Å²) in [5.74, 6) is 0. The zero-order chi connectivity index (χ0) is 11.9. The fourth-order valence-electron chi connectivity index (χ4n) is 2.50. The zero-order valence-electron chi connectivity index (χ0n) is 10.7. The third kappa shape index (κ3) is 4.10. The minimum Gasteiger partial charge on any atom is -0.311 e. The van der Waals surface area contributed by atoms with Crippen molar-refractivity contribution in [2.75, 3.05) is 20.1 Å². The predicted octanol–water partition coefficient (Wildman–Crippen LogP) is 2.05. The lowest BCUT2D eigenvalue weighted by molar-refractivity contribution is 0.175. The Balaban J connectivity index is 1.63. The second-order valence-corrected chi connectivity index (χ2v) is 4.92. The van der Waals surface area contributed by atoms with Crippen molar-refractivity contribution in [3.8, 4) is 0 Å². The van der Waals surface area contributed by atoms with Gasteiger partial charge in [-0.2, -0.15) is 0 Å². The van der Waals surface area contributed by atoms with Gasteiger partial charge in [0.2, 0.25) is 0 Å². The van der Waals surface area contributed by atoms with E-state index in [0.717, 1.165) is 24.8 Å². The van der Waals surface area contributed by atoms with Gasteiger partial charge in [-0.25, -0.2) is 0 Å². The van der Waals surface area contributed by atoms with E-state index in [1.165, 1.54) is 32.2 Å². The van der Waals surface area contributed by atoms with E-state index in [2.05, 4.69) is 28.3 Å². The van der Waals surface area contributed by atoms with Crippen LogP contribution >= 0.6 is 0 Å². The molecule has 3 nitrogen and oxygen atoms in total. The number of hydrogen-bond donors (Lipinski definition) is 1. The average Bonchev–Trinajstić information content (AvgIpc) is 2.38. The molecule has 1 aliphatic heterocycles. The largest absolute Gasteiger partial charge is 0.311 e. The van der Waals surface area contributed by atoms with Crippen LogP contribution in [-0.4, -0.2) is 36.1 Å². The Labute approximate surface area is 104 Å². The van der Waals surface area contributed by atoms with E-state index in [-0.39, 0.29) is 0 Å². The minimum atomic E-state index is 0.778. The van der Waals surface area contributed by atoms with E-state index < -0.39 is 0 Å². The van der Waals surface area contributed by atoms with Crippen molar-refractivity contribution in [2.45, 2.75) is 38.3 Å². The van der Waals surface area contributed by atoms with Gasteiger partial charge < -0.3 is 10.2 Å². The molecule has 0 radical (unpaired) electrons. The number of likely N-dealkylation sites (tertiary alicyclic amines) is 1. The lowest BCUT2D eigenvalue weighted by Gasteiger charge is -2.32. The molecule has 0 spiro atoms. The standard InChI is InChI=1S/C14H23N3/c1-17-11-5-3-7-14(17)8-10-15-12-13-6-2-4-9-16-13/h2,4,6,9,14-15H,3,5,7-8,10-12H2,1H3. The number of hydrogen-bond acceptors (Lipinski definition) is 3. The molecule has 0 saturated carbocycles. The maximum atomic E-state index is 4.31. The lowest BCUT2D eigenvalue weighted by atomic mass is 10.0. The normalized spacial score (nSPS) is 21.6. The molecule has 1 aromatic rings. The highest BCUT2D eigenvalue weighted by molar-refractivity contribution is 5.02. The van der Waals surface area contributed by atoms with Crippen LogP contribution in [0.5, 0.6) is 0 Å². The summed E-state index contributed by atoms with van der Waals surface area (Å²) in [6, 6.07) is 6.85. The highest BCUT2D eigenvalue weighted by Gasteiger charge is 2.17. The smallest absolute Gasteiger partial charge is 0.0541 e. The fourth-order valence-corrected chi connectivity index (χ4v) is 2.50. The highest BCUT2D eigenvalue weighted by atomic mass is 15.1. The molecule has 1 fully saturated rings. The van der Waals surface area contributed by atoms with Crippen molar-refractivity contribution in [2.24, 2.45) is 0 Å². The Bertz CT molecular complexity index is 313. The number of pyridine rings is 1. The Morgan fingerprint density at radius 1 is 1.41 bits per heavy atom. The first-order valence-electron chi connectivity index (χ1n) is 6.67. The summed E-state index contributed by atoms with van der Waals surface area (Å²) < 4.78 is 0. The van der Waals surface area contributed by atoms with Gasteiger partial charge in [0, 0.05) is 18.8 Å². The number of piperidine rings is 1. The maximum absolute atomic E-state index is 4.31.